The van der Waals surface area contributed by atoms with Gasteiger partial charge in [-0.1, -0.05) is 6.07 Å². The molecule has 1 aliphatic rings. The van der Waals surface area contributed by atoms with Gasteiger partial charge in [0.15, 0.2) is 0 Å². The molecule has 0 unspecified atom stereocenters. The number of nitrogens with one attached hydrogen (secondary N) is 2. The second-order valence-electron chi connectivity index (χ2n) is 5.95. The summed E-state index contributed by atoms with van der Waals surface area (Å²) in [6.45, 7) is 3.31. The van der Waals surface area contributed by atoms with E-state index in [1.807, 2.05) is 25.1 Å². The molecular formula is C18H23N3O5. The van der Waals surface area contributed by atoms with Crippen LogP contribution in [0.2, 0.25) is 0 Å². The van der Waals surface area contributed by atoms with Crippen molar-refractivity contribution in [1.29, 1.82) is 0 Å². The van der Waals surface area contributed by atoms with Crippen molar-refractivity contribution in [2.75, 3.05) is 32.2 Å². The Kier molecular flexibility index (Phi) is 6.21. The smallest absolute Gasteiger partial charge is 0.338 e. The van der Waals surface area contributed by atoms with Gasteiger partial charge in [-0.05, 0) is 32.0 Å². The highest BCUT2D eigenvalue weighted by atomic mass is 16.5. The van der Waals surface area contributed by atoms with Crippen molar-refractivity contribution in [3.05, 3.63) is 41.1 Å². The Balaban J connectivity index is 2.17. The third-order valence-corrected chi connectivity index (χ3v) is 3.81. The lowest BCUT2D eigenvalue weighted by molar-refractivity contribution is -0.139. The van der Waals surface area contributed by atoms with Gasteiger partial charge in [-0.2, -0.15) is 0 Å². The lowest BCUT2D eigenvalue weighted by atomic mass is 10.0. The molecular weight excluding hydrogens is 338 g/mol. The minimum absolute atomic E-state index is 0.202. The van der Waals surface area contributed by atoms with E-state index in [-0.39, 0.29) is 24.5 Å². The Morgan fingerprint density at radius 2 is 1.92 bits per heavy atom. The number of rotatable bonds is 6. The van der Waals surface area contributed by atoms with Crippen LogP contribution < -0.4 is 15.5 Å². The van der Waals surface area contributed by atoms with E-state index in [9.17, 15) is 14.4 Å². The first-order valence-electron chi connectivity index (χ1n) is 8.25. The van der Waals surface area contributed by atoms with Crippen molar-refractivity contribution in [3.8, 4) is 0 Å². The topological polar surface area (TPSA) is 97.0 Å². The van der Waals surface area contributed by atoms with Gasteiger partial charge in [0, 0.05) is 19.8 Å². The molecule has 8 heteroatoms. The molecule has 0 bridgehead atoms. The summed E-state index contributed by atoms with van der Waals surface area (Å²) in [5, 5.41) is 5.10. The summed E-state index contributed by atoms with van der Waals surface area (Å²) in [6, 6.07) is 5.95. The van der Waals surface area contributed by atoms with Crippen LogP contribution in [-0.2, 0) is 14.3 Å². The molecule has 1 aromatic carbocycles. The minimum Gasteiger partial charge on any atom is -0.463 e. The van der Waals surface area contributed by atoms with E-state index in [0.29, 0.717) is 5.56 Å². The van der Waals surface area contributed by atoms with Gasteiger partial charge in [-0.25, -0.2) is 14.4 Å². The average Bonchev–Trinajstić information content (AvgIpc) is 2.59. The summed E-state index contributed by atoms with van der Waals surface area (Å²) in [5.74, 6) is -1.11. The van der Waals surface area contributed by atoms with Gasteiger partial charge in [0.05, 0.1) is 29.5 Å². The standard InChI is InChI=1S/C18H23N3O5/c1-5-25-17(23)15-11(2)19-18(24)20-14(15)10-26-16(22)12-7-6-8-13(9-12)21(3)4/h6-9,11H,5,10H2,1-4H3,(H2,19,20,24)/t11-/m0/s1. The van der Waals surface area contributed by atoms with Crippen LogP contribution in [0.3, 0.4) is 0 Å². The number of carbonyl (C=O) groups excluding carboxylic acids is 3. The third-order valence-electron chi connectivity index (χ3n) is 3.81. The molecule has 0 saturated carbocycles. The van der Waals surface area contributed by atoms with Crippen LogP contribution in [0.1, 0.15) is 24.2 Å². The molecule has 0 spiro atoms. The Morgan fingerprint density at radius 1 is 1.19 bits per heavy atom. The largest absolute Gasteiger partial charge is 0.463 e. The Bertz CT molecular complexity index is 742. The van der Waals surface area contributed by atoms with Gasteiger partial charge in [0.2, 0.25) is 0 Å². The van der Waals surface area contributed by atoms with E-state index in [1.54, 1.807) is 32.0 Å². The fraction of sp³-hybridized carbons (Fsp3) is 0.389. The molecule has 8 nitrogen and oxygen atoms in total. The molecule has 0 fully saturated rings. The van der Waals surface area contributed by atoms with E-state index < -0.39 is 24.0 Å². The fourth-order valence-electron chi connectivity index (χ4n) is 2.53. The second kappa shape index (κ2) is 8.37. The van der Waals surface area contributed by atoms with Crippen LogP contribution in [0.4, 0.5) is 10.5 Å². The number of carbonyl (C=O) groups is 3. The number of anilines is 1. The molecule has 2 N–H and O–H groups in total. The molecule has 2 rings (SSSR count). The quantitative estimate of drug-likeness (QED) is 0.744. The summed E-state index contributed by atoms with van der Waals surface area (Å²) in [7, 11) is 3.74. The van der Waals surface area contributed by atoms with Crippen LogP contribution >= 0.6 is 0 Å². The summed E-state index contributed by atoms with van der Waals surface area (Å²) in [4.78, 5) is 38.0. The minimum atomic E-state index is -0.562. The number of hydrogen-bond donors (Lipinski definition) is 2. The first-order chi connectivity index (χ1) is 12.3. The first-order valence-corrected chi connectivity index (χ1v) is 8.25. The second-order valence-corrected chi connectivity index (χ2v) is 5.95. The van der Waals surface area contributed by atoms with Crippen LogP contribution in [0.15, 0.2) is 35.5 Å². The number of nitrogens with zero attached hydrogens (tertiary/aromatic N) is 1. The molecule has 140 valence electrons. The molecule has 1 aliphatic heterocycles. The van der Waals surface area contributed by atoms with E-state index >= 15 is 0 Å². The van der Waals surface area contributed by atoms with Crippen molar-refractivity contribution in [2.24, 2.45) is 0 Å². The zero-order valence-corrected chi connectivity index (χ0v) is 15.3. The Hall–Kier alpha value is -3.03. The number of esters is 2. The van der Waals surface area contributed by atoms with Crippen molar-refractivity contribution < 1.29 is 23.9 Å². The summed E-state index contributed by atoms with van der Waals surface area (Å²) < 4.78 is 10.3. The third kappa shape index (κ3) is 4.53. The van der Waals surface area contributed by atoms with E-state index in [4.69, 9.17) is 9.47 Å². The van der Waals surface area contributed by atoms with Gasteiger partial charge in [0.25, 0.3) is 0 Å². The van der Waals surface area contributed by atoms with Gasteiger partial charge in [-0.15, -0.1) is 0 Å². The van der Waals surface area contributed by atoms with Gasteiger partial charge in [0.1, 0.15) is 6.61 Å². The summed E-state index contributed by atoms with van der Waals surface area (Å²) >= 11 is 0. The van der Waals surface area contributed by atoms with Crippen molar-refractivity contribution in [2.45, 2.75) is 19.9 Å². The molecule has 1 heterocycles. The van der Waals surface area contributed by atoms with Crippen molar-refractivity contribution in [3.63, 3.8) is 0 Å². The molecule has 0 saturated heterocycles. The molecule has 2 amide bonds. The first kappa shape index (κ1) is 19.3. The maximum atomic E-state index is 12.3. The lowest BCUT2D eigenvalue weighted by Gasteiger charge is -2.26. The van der Waals surface area contributed by atoms with Gasteiger partial charge in [-0.3, -0.25) is 0 Å². The summed E-state index contributed by atoms with van der Waals surface area (Å²) in [6.07, 6.45) is 0. The van der Waals surface area contributed by atoms with Crippen LogP contribution in [0.5, 0.6) is 0 Å². The van der Waals surface area contributed by atoms with E-state index in [1.165, 1.54) is 0 Å². The molecule has 26 heavy (non-hydrogen) atoms. The summed E-state index contributed by atoms with van der Waals surface area (Å²) in [5.41, 5.74) is 1.69. The molecule has 0 radical (unpaired) electrons. The zero-order chi connectivity index (χ0) is 19.3. The molecule has 0 aromatic heterocycles. The number of hydrogen-bond acceptors (Lipinski definition) is 6. The van der Waals surface area contributed by atoms with E-state index in [2.05, 4.69) is 10.6 Å². The zero-order valence-electron chi connectivity index (χ0n) is 15.3. The monoisotopic (exact) mass is 361 g/mol. The predicted octanol–water partition coefficient (Wildman–Crippen LogP) is 1.43. The highest BCUT2D eigenvalue weighted by Crippen LogP contribution is 2.17. The number of urea groups is 1. The van der Waals surface area contributed by atoms with Crippen molar-refractivity contribution >= 4 is 23.7 Å². The maximum absolute atomic E-state index is 12.3. The highest BCUT2D eigenvalue weighted by Gasteiger charge is 2.30. The van der Waals surface area contributed by atoms with E-state index in [0.717, 1.165) is 5.69 Å². The molecule has 1 aromatic rings. The molecule has 0 aliphatic carbocycles. The molecule has 1 atom stereocenters. The highest BCUT2D eigenvalue weighted by molar-refractivity contribution is 5.95. The van der Waals surface area contributed by atoms with Crippen LogP contribution in [-0.4, -0.2) is 51.3 Å². The normalized spacial score (nSPS) is 16.5. The average molecular weight is 361 g/mol. The number of amides is 2. The Labute approximate surface area is 152 Å². The van der Waals surface area contributed by atoms with Gasteiger partial charge < -0.3 is 25.0 Å². The predicted molar refractivity (Wildman–Crippen MR) is 95.8 cm³/mol. The maximum Gasteiger partial charge on any atom is 0.338 e. The number of ether oxygens (including phenoxy) is 2. The van der Waals surface area contributed by atoms with Crippen molar-refractivity contribution in [1.82, 2.24) is 10.6 Å². The lowest BCUT2D eigenvalue weighted by Crippen LogP contribution is -2.50. The van der Waals surface area contributed by atoms with Crippen LogP contribution in [0, 0.1) is 0 Å². The SMILES string of the molecule is CCOC(=O)C1=C(COC(=O)c2cccc(N(C)C)c2)NC(=O)N[C@H]1C. The van der Waals surface area contributed by atoms with Crippen LogP contribution in [0.25, 0.3) is 0 Å². The Morgan fingerprint density at radius 3 is 2.58 bits per heavy atom. The number of benzene rings is 1. The fourth-order valence-corrected chi connectivity index (χ4v) is 2.53. The van der Waals surface area contributed by atoms with Gasteiger partial charge >= 0.3 is 18.0 Å².